The van der Waals surface area contributed by atoms with E-state index in [1.54, 1.807) is 26.0 Å². The molecule has 0 aliphatic carbocycles. The van der Waals surface area contributed by atoms with Gasteiger partial charge in [-0.1, -0.05) is 19.1 Å². The predicted molar refractivity (Wildman–Crippen MR) is 75.4 cm³/mol. The van der Waals surface area contributed by atoms with Gasteiger partial charge in [-0.15, -0.1) is 0 Å². The van der Waals surface area contributed by atoms with Gasteiger partial charge in [0.1, 0.15) is 11.3 Å². The summed E-state index contributed by atoms with van der Waals surface area (Å²) in [6, 6.07) is 7.16. The minimum Gasteiger partial charge on any atom is -0.508 e. The van der Waals surface area contributed by atoms with Crippen LogP contribution in [0.2, 0.25) is 0 Å². The highest BCUT2D eigenvalue weighted by atomic mass is 16.4. The number of hydrogen-bond acceptors (Lipinski definition) is 3. The highest BCUT2D eigenvalue weighted by Gasteiger charge is 2.36. The van der Waals surface area contributed by atoms with E-state index < -0.39 is 11.5 Å². The Bertz CT molecular complexity index is 426. The van der Waals surface area contributed by atoms with E-state index in [0.717, 1.165) is 12.0 Å². The summed E-state index contributed by atoms with van der Waals surface area (Å²) in [4.78, 5) is 13.3. The van der Waals surface area contributed by atoms with Gasteiger partial charge in [-0.05, 0) is 51.4 Å². The highest BCUT2D eigenvalue weighted by molar-refractivity contribution is 5.77. The lowest BCUT2D eigenvalue weighted by Crippen LogP contribution is -2.54. The van der Waals surface area contributed by atoms with Gasteiger partial charge >= 0.3 is 5.97 Å². The lowest BCUT2D eigenvalue weighted by atomic mass is 9.97. The Balaban J connectivity index is 2.82. The zero-order valence-corrected chi connectivity index (χ0v) is 12.1. The number of benzene rings is 1. The van der Waals surface area contributed by atoms with Crippen LogP contribution in [0.1, 0.15) is 33.3 Å². The molecule has 0 saturated heterocycles. The van der Waals surface area contributed by atoms with Crippen molar-refractivity contribution in [1.82, 2.24) is 4.90 Å². The Hall–Kier alpha value is -1.55. The van der Waals surface area contributed by atoms with E-state index >= 15 is 0 Å². The largest absolute Gasteiger partial charge is 0.508 e. The summed E-state index contributed by atoms with van der Waals surface area (Å²) in [7, 11) is 0. The van der Waals surface area contributed by atoms with Crippen molar-refractivity contribution in [3.63, 3.8) is 0 Å². The monoisotopic (exact) mass is 265 g/mol. The Labute approximate surface area is 114 Å². The van der Waals surface area contributed by atoms with Crippen LogP contribution in [0.4, 0.5) is 0 Å². The summed E-state index contributed by atoms with van der Waals surface area (Å²) >= 11 is 0. The van der Waals surface area contributed by atoms with Crippen LogP contribution in [0.25, 0.3) is 0 Å². The molecule has 1 atom stereocenters. The zero-order valence-electron chi connectivity index (χ0n) is 12.1. The number of aliphatic carboxylic acids is 1. The number of hydrogen-bond donors (Lipinski definition) is 2. The highest BCUT2D eigenvalue weighted by Crippen LogP contribution is 2.21. The number of nitrogens with zero attached hydrogens (tertiary/aromatic N) is 1. The molecular formula is C15H23NO3. The van der Waals surface area contributed by atoms with Gasteiger partial charge < -0.3 is 10.2 Å². The first-order valence-corrected chi connectivity index (χ1v) is 6.57. The summed E-state index contributed by atoms with van der Waals surface area (Å²) in [6.07, 6.45) is 0.755. The second kappa shape index (κ2) is 6.06. The van der Waals surface area contributed by atoms with Gasteiger partial charge in [0, 0.05) is 6.04 Å². The minimum absolute atomic E-state index is 0.112. The molecule has 0 aromatic heterocycles. The second-order valence-electron chi connectivity index (χ2n) is 5.37. The van der Waals surface area contributed by atoms with Gasteiger partial charge in [0.2, 0.25) is 0 Å². The zero-order chi connectivity index (χ0) is 14.6. The van der Waals surface area contributed by atoms with Gasteiger partial charge in [0.05, 0.1) is 0 Å². The number of likely N-dealkylation sites (N-methyl/N-ethyl adjacent to an activating group) is 1. The summed E-state index contributed by atoms with van der Waals surface area (Å²) in [5.74, 6) is -0.568. The average Bonchev–Trinajstić information content (AvgIpc) is 2.32. The van der Waals surface area contributed by atoms with E-state index in [2.05, 4.69) is 0 Å². The molecule has 2 N–H and O–H groups in total. The van der Waals surface area contributed by atoms with Crippen LogP contribution in [0, 0.1) is 0 Å². The molecule has 0 amide bonds. The van der Waals surface area contributed by atoms with Crippen molar-refractivity contribution in [2.45, 2.75) is 45.7 Å². The molecule has 0 saturated carbocycles. The average molecular weight is 265 g/mol. The van der Waals surface area contributed by atoms with Gasteiger partial charge in [-0.25, -0.2) is 0 Å². The molecule has 19 heavy (non-hydrogen) atoms. The van der Waals surface area contributed by atoms with Gasteiger partial charge in [0.15, 0.2) is 0 Å². The third-order valence-electron chi connectivity index (χ3n) is 3.58. The molecule has 1 rings (SSSR count). The normalized spacial score (nSPS) is 13.5. The molecule has 0 spiro atoms. The van der Waals surface area contributed by atoms with Gasteiger partial charge in [0.25, 0.3) is 0 Å². The standard InChI is InChI=1S/C15H23NO3/c1-5-16(15(3,4)14(18)19)11(2)10-12-6-8-13(17)9-7-12/h6-9,11,17H,5,10H2,1-4H3,(H,18,19). The lowest BCUT2D eigenvalue weighted by Gasteiger charge is -2.39. The number of phenols is 1. The van der Waals surface area contributed by atoms with E-state index in [1.807, 2.05) is 30.9 Å². The molecule has 0 fully saturated rings. The fraction of sp³-hybridized carbons (Fsp3) is 0.533. The second-order valence-corrected chi connectivity index (χ2v) is 5.37. The van der Waals surface area contributed by atoms with Crippen LogP contribution in [0.3, 0.4) is 0 Å². The molecule has 1 aromatic rings. The molecular weight excluding hydrogens is 242 g/mol. The maximum Gasteiger partial charge on any atom is 0.323 e. The van der Waals surface area contributed by atoms with E-state index in [1.165, 1.54) is 0 Å². The lowest BCUT2D eigenvalue weighted by molar-refractivity contribution is -0.150. The molecule has 106 valence electrons. The fourth-order valence-corrected chi connectivity index (χ4v) is 2.46. The number of carbonyl (C=O) groups is 1. The minimum atomic E-state index is -0.884. The first kappa shape index (κ1) is 15.5. The summed E-state index contributed by atoms with van der Waals surface area (Å²) < 4.78 is 0. The third kappa shape index (κ3) is 3.70. The number of phenolic OH excluding ortho intramolecular Hbond substituents is 1. The maximum atomic E-state index is 11.3. The molecule has 0 bridgehead atoms. The van der Waals surface area contributed by atoms with Crippen LogP contribution >= 0.6 is 0 Å². The van der Waals surface area contributed by atoms with Crippen molar-refractivity contribution < 1.29 is 15.0 Å². The van der Waals surface area contributed by atoms with Crippen LogP contribution in [0.5, 0.6) is 5.75 Å². The Kier molecular flexibility index (Phi) is 4.95. The first-order valence-electron chi connectivity index (χ1n) is 6.57. The number of aromatic hydroxyl groups is 1. The van der Waals surface area contributed by atoms with E-state index in [-0.39, 0.29) is 11.8 Å². The molecule has 4 nitrogen and oxygen atoms in total. The Morgan fingerprint density at radius 2 is 1.84 bits per heavy atom. The van der Waals surface area contributed by atoms with Crippen LogP contribution in [-0.4, -0.2) is 39.2 Å². The quantitative estimate of drug-likeness (QED) is 0.829. The van der Waals surface area contributed by atoms with Crippen molar-refractivity contribution in [3.8, 4) is 5.75 Å². The SMILES string of the molecule is CCN(C(C)Cc1ccc(O)cc1)C(C)(C)C(=O)O. The smallest absolute Gasteiger partial charge is 0.323 e. The molecule has 1 aromatic carbocycles. The summed E-state index contributed by atoms with van der Waals surface area (Å²) in [5, 5.41) is 18.6. The van der Waals surface area contributed by atoms with Gasteiger partial charge in [-0.2, -0.15) is 0 Å². The van der Waals surface area contributed by atoms with E-state index in [0.29, 0.717) is 6.54 Å². The van der Waals surface area contributed by atoms with E-state index in [9.17, 15) is 15.0 Å². The first-order chi connectivity index (χ1) is 8.78. The van der Waals surface area contributed by atoms with Crippen LogP contribution in [-0.2, 0) is 11.2 Å². The molecule has 0 aliphatic heterocycles. The fourth-order valence-electron chi connectivity index (χ4n) is 2.46. The van der Waals surface area contributed by atoms with Crippen LogP contribution in [0.15, 0.2) is 24.3 Å². The topological polar surface area (TPSA) is 60.8 Å². The van der Waals surface area contributed by atoms with Crippen molar-refractivity contribution in [3.05, 3.63) is 29.8 Å². The molecule has 1 unspecified atom stereocenters. The molecule has 0 heterocycles. The predicted octanol–water partition coefficient (Wildman–Crippen LogP) is 2.51. The molecule has 4 heteroatoms. The summed E-state index contributed by atoms with van der Waals surface area (Å²) in [5.41, 5.74) is 0.204. The Morgan fingerprint density at radius 3 is 2.26 bits per heavy atom. The molecule has 0 radical (unpaired) electrons. The number of carboxylic acids is 1. The molecule has 0 aliphatic rings. The third-order valence-corrected chi connectivity index (χ3v) is 3.58. The number of rotatable bonds is 6. The van der Waals surface area contributed by atoms with Crippen molar-refractivity contribution in [1.29, 1.82) is 0 Å². The Morgan fingerprint density at radius 1 is 1.32 bits per heavy atom. The summed E-state index contributed by atoms with van der Waals surface area (Å²) in [6.45, 7) is 8.13. The number of carboxylic acid groups (broad SMARTS) is 1. The maximum absolute atomic E-state index is 11.3. The van der Waals surface area contributed by atoms with E-state index in [4.69, 9.17) is 0 Å². The van der Waals surface area contributed by atoms with Crippen molar-refractivity contribution in [2.24, 2.45) is 0 Å². The van der Waals surface area contributed by atoms with Crippen molar-refractivity contribution >= 4 is 5.97 Å². The van der Waals surface area contributed by atoms with Gasteiger partial charge in [-0.3, -0.25) is 9.69 Å². The van der Waals surface area contributed by atoms with Crippen LogP contribution < -0.4 is 0 Å². The van der Waals surface area contributed by atoms with Crippen molar-refractivity contribution in [2.75, 3.05) is 6.54 Å².